The summed E-state index contributed by atoms with van der Waals surface area (Å²) in [5.41, 5.74) is 1.33. The van der Waals surface area contributed by atoms with E-state index in [-0.39, 0.29) is 5.69 Å². The maximum absolute atomic E-state index is 13.4. The van der Waals surface area contributed by atoms with Gasteiger partial charge >= 0.3 is 5.97 Å². The highest BCUT2D eigenvalue weighted by Gasteiger charge is 2.17. The minimum absolute atomic E-state index is 0.170. The fourth-order valence-electron chi connectivity index (χ4n) is 2.11. The number of hydrogen-bond acceptors (Lipinski definition) is 2. The molecule has 0 saturated carbocycles. The Morgan fingerprint density at radius 3 is 2.68 bits per heavy atom. The molecule has 100 valence electrons. The summed E-state index contributed by atoms with van der Waals surface area (Å²) in [5, 5.41) is 9.11. The van der Waals surface area contributed by atoms with Gasteiger partial charge in [0.25, 0.3) is 0 Å². The summed E-state index contributed by atoms with van der Waals surface area (Å²) in [6, 6.07) is 7.33. The van der Waals surface area contributed by atoms with Crippen molar-refractivity contribution in [2.75, 3.05) is 7.11 Å². The molecule has 0 unspecified atom stereocenters. The molecule has 2 aromatic rings. The first-order valence-electron chi connectivity index (χ1n) is 5.85. The van der Waals surface area contributed by atoms with Crippen molar-refractivity contribution in [2.24, 2.45) is 0 Å². The van der Waals surface area contributed by atoms with Gasteiger partial charge < -0.3 is 14.4 Å². The van der Waals surface area contributed by atoms with Gasteiger partial charge in [-0.3, -0.25) is 0 Å². The van der Waals surface area contributed by atoms with Crippen LogP contribution in [-0.2, 0) is 6.54 Å². The predicted molar refractivity (Wildman–Crippen MR) is 69.0 cm³/mol. The van der Waals surface area contributed by atoms with Crippen molar-refractivity contribution < 1.29 is 19.0 Å². The van der Waals surface area contributed by atoms with Gasteiger partial charge in [-0.2, -0.15) is 0 Å². The molecule has 0 aliphatic carbocycles. The zero-order valence-corrected chi connectivity index (χ0v) is 10.7. The first-order valence-corrected chi connectivity index (χ1v) is 5.85. The standard InChI is InChI=1S/C14H14FNO3/c1-3-16-11(5-6-12(16)14(17)18)10-8-9(15)4-7-13(10)19-2/h4-8H,3H2,1-2H3,(H,17,18). The number of methoxy groups -OCH3 is 1. The van der Waals surface area contributed by atoms with E-state index in [0.717, 1.165) is 0 Å². The molecule has 4 nitrogen and oxygen atoms in total. The van der Waals surface area contributed by atoms with Crippen molar-refractivity contribution >= 4 is 5.97 Å². The molecule has 0 aliphatic rings. The normalized spacial score (nSPS) is 10.5. The predicted octanol–water partition coefficient (Wildman–Crippen LogP) is 3.02. The molecular weight excluding hydrogens is 249 g/mol. The maximum atomic E-state index is 13.4. The van der Waals surface area contributed by atoms with Crippen molar-refractivity contribution in [2.45, 2.75) is 13.5 Å². The van der Waals surface area contributed by atoms with Crippen LogP contribution in [-0.4, -0.2) is 22.8 Å². The Balaban J connectivity index is 2.65. The molecule has 1 heterocycles. The fraction of sp³-hybridized carbons (Fsp3) is 0.214. The number of carboxylic acid groups (broad SMARTS) is 1. The average Bonchev–Trinajstić information content (AvgIpc) is 2.82. The third kappa shape index (κ3) is 2.31. The van der Waals surface area contributed by atoms with Crippen molar-refractivity contribution in [1.29, 1.82) is 0 Å². The van der Waals surface area contributed by atoms with Gasteiger partial charge in [0.15, 0.2) is 0 Å². The van der Waals surface area contributed by atoms with Crippen LogP contribution in [0.25, 0.3) is 11.3 Å². The monoisotopic (exact) mass is 263 g/mol. The lowest BCUT2D eigenvalue weighted by molar-refractivity contribution is 0.0685. The number of halogens is 1. The van der Waals surface area contributed by atoms with E-state index in [9.17, 15) is 9.18 Å². The Hall–Kier alpha value is -2.30. The van der Waals surface area contributed by atoms with Crippen LogP contribution in [0.5, 0.6) is 5.75 Å². The van der Waals surface area contributed by atoms with Gasteiger partial charge in [-0.25, -0.2) is 9.18 Å². The zero-order chi connectivity index (χ0) is 14.0. The number of rotatable bonds is 4. The van der Waals surface area contributed by atoms with E-state index in [1.54, 1.807) is 10.6 Å². The van der Waals surface area contributed by atoms with Crippen LogP contribution >= 0.6 is 0 Å². The summed E-state index contributed by atoms with van der Waals surface area (Å²) >= 11 is 0. The van der Waals surface area contributed by atoms with Crippen LogP contribution in [0.1, 0.15) is 17.4 Å². The van der Waals surface area contributed by atoms with E-state index >= 15 is 0 Å². The third-order valence-electron chi connectivity index (χ3n) is 2.95. The van der Waals surface area contributed by atoms with Gasteiger partial charge in [-0.1, -0.05) is 0 Å². The molecule has 2 rings (SSSR count). The van der Waals surface area contributed by atoms with E-state index in [0.29, 0.717) is 23.6 Å². The van der Waals surface area contributed by atoms with Crippen LogP contribution in [0.4, 0.5) is 4.39 Å². The molecule has 0 aliphatic heterocycles. The van der Waals surface area contributed by atoms with Crippen LogP contribution in [0.3, 0.4) is 0 Å². The van der Waals surface area contributed by atoms with Crippen LogP contribution in [0.15, 0.2) is 30.3 Å². The average molecular weight is 263 g/mol. The lowest BCUT2D eigenvalue weighted by atomic mass is 10.1. The molecule has 1 aromatic carbocycles. The number of nitrogens with zero attached hydrogens (tertiary/aromatic N) is 1. The first-order chi connectivity index (χ1) is 9.08. The molecule has 5 heteroatoms. The van der Waals surface area contributed by atoms with Crippen molar-refractivity contribution in [3.8, 4) is 17.0 Å². The Bertz CT molecular complexity index is 619. The molecule has 0 bridgehead atoms. The largest absolute Gasteiger partial charge is 0.496 e. The lowest BCUT2D eigenvalue weighted by Gasteiger charge is -2.12. The van der Waals surface area contributed by atoms with Crippen molar-refractivity contribution in [3.63, 3.8) is 0 Å². The van der Waals surface area contributed by atoms with Crippen LogP contribution in [0, 0.1) is 5.82 Å². The van der Waals surface area contributed by atoms with Gasteiger partial charge in [-0.05, 0) is 37.3 Å². The second-order valence-electron chi connectivity index (χ2n) is 4.00. The van der Waals surface area contributed by atoms with Gasteiger partial charge in [0, 0.05) is 12.1 Å². The Labute approximate surface area is 110 Å². The van der Waals surface area contributed by atoms with E-state index in [1.807, 2.05) is 6.92 Å². The maximum Gasteiger partial charge on any atom is 0.352 e. The number of aromatic carboxylic acids is 1. The number of hydrogen-bond donors (Lipinski definition) is 1. The smallest absolute Gasteiger partial charge is 0.352 e. The lowest BCUT2D eigenvalue weighted by Crippen LogP contribution is -2.08. The number of carboxylic acids is 1. The summed E-state index contributed by atoms with van der Waals surface area (Å²) in [6.07, 6.45) is 0. The Morgan fingerprint density at radius 2 is 2.11 bits per heavy atom. The molecule has 1 aromatic heterocycles. The molecule has 0 fully saturated rings. The molecule has 0 spiro atoms. The van der Waals surface area contributed by atoms with E-state index in [1.165, 1.54) is 31.4 Å². The third-order valence-corrected chi connectivity index (χ3v) is 2.95. The summed E-state index contributed by atoms with van der Waals surface area (Å²) in [5.74, 6) is -0.897. The van der Waals surface area contributed by atoms with E-state index < -0.39 is 11.8 Å². The van der Waals surface area contributed by atoms with Crippen molar-refractivity contribution in [1.82, 2.24) is 4.57 Å². The van der Waals surface area contributed by atoms with Gasteiger partial charge in [-0.15, -0.1) is 0 Å². The number of carbonyl (C=O) groups is 1. The minimum atomic E-state index is -1.01. The Morgan fingerprint density at radius 1 is 1.37 bits per heavy atom. The summed E-state index contributed by atoms with van der Waals surface area (Å²) in [4.78, 5) is 11.1. The topological polar surface area (TPSA) is 51.5 Å². The fourth-order valence-corrected chi connectivity index (χ4v) is 2.11. The SMILES string of the molecule is CCn1c(C(=O)O)ccc1-c1cc(F)ccc1OC. The highest BCUT2D eigenvalue weighted by atomic mass is 19.1. The molecule has 0 radical (unpaired) electrons. The van der Waals surface area contributed by atoms with Gasteiger partial charge in [0.1, 0.15) is 17.3 Å². The molecular formula is C14H14FNO3. The number of ether oxygens (including phenoxy) is 1. The van der Waals surface area contributed by atoms with Gasteiger partial charge in [0.05, 0.1) is 12.8 Å². The van der Waals surface area contributed by atoms with Gasteiger partial charge in [0.2, 0.25) is 0 Å². The van der Waals surface area contributed by atoms with E-state index in [4.69, 9.17) is 9.84 Å². The van der Waals surface area contributed by atoms with Crippen molar-refractivity contribution in [3.05, 3.63) is 41.8 Å². The molecule has 0 atom stereocenters. The zero-order valence-electron chi connectivity index (χ0n) is 10.7. The van der Waals surface area contributed by atoms with E-state index in [2.05, 4.69) is 0 Å². The highest BCUT2D eigenvalue weighted by molar-refractivity contribution is 5.88. The molecule has 0 amide bonds. The first kappa shape index (κ1) is 13.1. The second-order valence-corrected chi connectivity index (χ2v) is 4.00. The number of aromatic nitrogens is 1. The second kappa shape index (κ2) is 5.14. The minimum Gasteiger partial charge on any atom is -0.496 e. The highest BCUT2D eigenvalue weighted by Crippen LogP contribution is 2.32. The molecule has 1 N–H and O–H groups in total. The summed E-state index contributed by atoms with van der Waals surface area (Å²) in [6.45, 7) is 2.31. The summed E-state index contributed by atoms with van der Waals surface area (Å²) in [7, 11) is 1.49. The Kier molecular flexibility index (Phi) is 3.55. The van der Waals surface area contributed by atoms with Crippen LogP contribution in [0.2, 0.25) is 0 Å². The summed E-state index contributed by atoms with van der Waals surface area (Å²) < 4.78 is 20.2. The quantitative estimate of drug-likeness (QED) is 0.922. The number of benzene rings is 1. The van der Waals surface area contributed by atoms with Crippen LogP contribution < -0.4 is 4.74 Å². The molecule has 0 saturated heterocycles. The molecule has 19 heavy (non-hydrogen) atoms.